The molecule has 5 heteroatoms. The Morgan fingerprint density at radius 2 is 2.29 bits per heavy atom. The average molecular weight is 231 g/mol. The second-order valence-electron chi connectivity index (χ2n) is 3.57. The van der Waals surface area contributed by atoms with Gasteiger partial charge in [0.15, 0.2) is 0 Å². The Morgan fingerprint density at radius 1 is 1.53 bits per heavy atom. The lowest BCUT2D eigenvalue weighted by molar-refractivity contribution is -0.137. The molecular weight excluding hydrogens is 218 g/mol. The summed E-state index contributed by atoms with van der Waals surface area (Å²) in [5.41, 5.74) is 1.58. The van der Waals surface area contributed by atoms with Gasteiger partial charge < -0.3 is 10.4 Å². The van der Waals surface area contributed by atoms with E-state index in [2.05, 4.69) is 16.9 Å². The van der Waals surface area contributed by atoms with Crippen molar-refractivity contribution in [3.8, 4) is 0 Å². The molecule has 0 saturated heterocycles. The maximum atomic E-state index is 10.8. The minimum Gasteiger partial charge on any atom is -0.480 e. The van der Waals surface area contributed by atoms with E-state index in [1.165, 1.54) is 0 Å². The molecule has 88 valence electrons. The molecule has 5 nitrogen and oxygen atoms in total. The maximum Gasteiger partial charge on any atom is 0.323 e. The fourth-order valence-corrected chi connectivity index (χ4v) is 1.67. The number of aliphatic carboxylic acids is 1. The van der Waals surface area contributed by atoms with Crippen LogP contribution in [-0.4, -0.2) is 27.2 Å². The summed E-state index contributed by atoms with van der Waals surface area (Å²) in [4.78, 5) is 15.2. The molecule has 0 aliphatic rings. The molecular formula is C12H13N3O2. The highest BCUT2D eigenvalue weighted by atomic mass is 16.4. The number of rotatable bonds is 5. The molecule has 2 aromatic rings. The van der Waals surface area contributed by atoms with Gasteiger partial charge in [-0.15, -0.1) is 6.58 Å². The lowest BCUT2D eigenvalue weighted by Crippen LogP contribution is -2.13. The van der Waals surface area contributed by atoms with Crippen LogP contribution in [0.2, 0.25) is 0 Å². The standard InChI is InChI=1S/C12H13N3O2/c1-2-7-13-12-14-9-5-3-4-6-10(9)15(12)8-11(16)17/h2-6H,1,7-8H2,(H,13,14)(H,16,17). The number of benzene rings is 1. The number of imidazole rings is 1. The summed E-state index contributed by atoms with van der Waals surface area (Å²) in [7, 11) is 0. The van der Waals surface area contributed by atoms with Crippen molar-refractivity contribution in [2.45, 2.75) is 6.54 Å². The van der Waals surface area contributed by atoms with Gasteiger partial charge >= 0.3 is 5.97 Å². The van der Waals surface area contributed by atoms with Gasteiger partial charge in [-0.2, -0.15) is 0 Å². The molecule has 0 saturated carbocycles. The number of para-hydroxylation sites is 2. The summed E-state index contributed by atoms with van der Waals surface area (Å²) in [5.74, 6) is -0.344. The molecule has 1 heterocycles. The van der Waals surface area contributed by atoms with Crippen LogP contribution < -0.4 is 5.32 Å². The molecule has 0 radical (unpaired) electrons. The molecule has 0 atom stereocenters. The monoisotopic (exact) mass is 231 g/mol. The molecule has 2 N–H and O–H groups in total. The van der Waals surface area contributed by atoms with Crippen molar-refractivity contribution in [1.29, 1.82) is 0 Å². The van der Waals surface area contributed by atoms with Crippen LogP contribution in [0.15, 0.2) is 36.9 Å². The van der Waals surface area contributed by atoms with Gasteiger partial charge in [-0.1, -0.05) is 18.2 Å². The van der Waals surface area contributed by atoms with E-state index in [1.54, 1.807) is 10.6 Å². The lowest BCUT2D eigenvalue weighted by Gasteiger charge is -2.06. The quantitative estimate of drug-likeness (QED) is 0.769. The first-order valence-electron chi connectivity index (χ1n) is 5.24. The molecule has 0 aliphatic heterocycles. The van der Waals surface area contributed by atoms with Crippen LogP contribution in [0.1, 0.15) is 0 Å². The van der Waals surface area contributed by atoms with E-state index in [9.17, 15) is 4.79 Å². The number of hydrogen-bond donors (Lipinski definition) is 2. The summed E-state index contributed by atoms with van der Waals surface area (Å²) in [5, 5.41) is 11.9. The molecule has 1 aromatic carbocycles. The topological polar surface area (TPSA) is 67.2 Å². The Bertz CT molecular complexity index is 560. The predicted molar refractivity (Wildman–Crippen MR) is 66.1 cm³/mol. The molecule has 0 bridgehead atoms. The van der Waals surface area contributed by atoms with Crippen LogP contribution in [0.3, 0.4) is 0 Å². The first kappa shape index (κ1) is 11.2. The number of hydrogen-bond acceptors (Lipinski definition) is 3. The third-order valence-corrected chi connectivity index (χ3v) is 2.35. The van der Waals surface area contributed by atoms with E-state index in [0.717, 1.165) is 11.0 Å². The summed E-state index contributed by atoms with van der Waals surface area (Å²) in [6, 6.07) is 7.44. The van der Waals surface area contributed by atoms with Crippen molar-refractivity contribution in [3.63, 3.8) is 0 Å². The predicted octanol–water partition coefficient (Wildman–Crippen LogP) is 1.72. The maximum absolute atomic E-state index is 10.8. The largest absolute Gasteiger partial charge is 0.480 e. The van der Waals surface area contributed by atoms with Crippen molar-refractivity contribution in [2.24, 2.45) is 0 Å². The van der Waals surface area contributed by atoms with Crippen LogP contribution >= 0.6 is 0 Å². The molecule has 1 aromatic heterocycles. The summed E-state index contributed by atoms with van der Waals surface area (Å²) in [6.45, 7) is 4.04. The van der Waals surface area contributed by atoms with Crippen LogP contribution in [0.5, 0.6) is 0 Å². The first-order valence-corrected chi connectivity index (χ1v) is 5.24. The zero-order chi connectivity index (χ0) is 12.3. The van der Waals surface area contributed by atoms with Crippen molar-refractivity contribution in [3.05, 3.63) is 36.9 Å². The van der Waals surface area contributed by atoms with E-state index < -0.39 is 5.97 Å². The third kappa shape index (κ3) is 2.28. The van der Waals surface area contributed by atoms with E-state index in [-0.39, 0.29) is 6.54 Å². The Morgan fingerprint density at radius 3 is 3.00 bits per heavy atom. The zero-order valence-electron chi connectivity index (χ0n) is 9.26. The molecule has 0 spiro atoms. The highest BCUT2D eigenvalue weighted by molar-refractivity contribution is 5.81. The number of aromatic nitrogens is 2. The van der Waals surface area contributed by atoms with E-state index in [4.69, 9.17) is 5.11 Å². The van der Waals surface area contributed by atoms with Crippen molar-refractivity contribution >= 4 is 23.0 Å². The Kier molecular flexibility index (Phi) is 3.09. The number of anilines is 1. The van der Waals surface area contributed by atoms with Crippen molar-refractivity contribution in [1.82, 2.24) is 9.55 Å². The average Bonchev–Trinajstić information content (AvgIpc) is 2.64. The summed E-state index contributed by atoms with van der Waals surface area (Å²) < 4.78 is 1.64. The first-order chi connectivity index (χ1) is 8.22. The van der Waals surface area contributed by atoms with Gasteiger partial charge in [-0.3, -0.25) is 9.36 Å². The third-order valence-electron chi connectivity index (χ3n) is 2.35. The molecule has 0 aliphatic carbocycles. The van der Waals surface area contributed by atoms with Gasteiger partial charge in [0.1, 0.15) is 6.54 Å². The van der Waals surface area contributed by atoms with Gasteiger partial charge in [0.05, 0.1) is 11.0 Å². The smallest absolute Gasteiger partial charge is 0.323 e. The number of fused-ring (bicyclic) bond motifs is 1. The Balaban J connectivity index is 2.48. The summed E-state index contributed by atoms with van der Waals surface area (Å²) in [6.07, 6.45) is 1.70. The number of nitrogens with one attached hydrogen (secondary N) is 1. The zero-order valence-corrected chi connectivity index (χ0v) is 9.26. The van der Waals surface area contributed by atoms with E-state index >= 15 is 0 Å². The van der Waals surface area contributed by atoms with Gasteiger partial charge in [0.2, 0.25) is 5.95 Å². The number of nitrogens with zero attached hydrogens (tertiary/aromatic N) is 2. The minimum atomic E-state index is -0.894. The number of carboxylic acids is 1. The normalized spacial score (nSPS) is 10.4. The van der Waals surface area contributed by atoms with Gasteiger partial charge in [-0.05, 0) is 12.1 Å². The van der Waals surface area contributed by atoms with E-state index in [1.807, 2.05) is 24.3 Å². The van der Waals surface area contributed by atoms with Crippen LogP contribution in [0.4, 0.5) is 5.95 Å². The summed E-state index contributed by atoms with van der Waals surface area (Å²) >= 11 is 0. The number of carbonyl (C=O) groups is 1. The molecule has 2 rings (SSSR count). The van der Waals surface area contributed by atoms with Gasteiger partial charge in [0, 0.05) is 6.54 Å². The molecule has 0 amide bonds. The van der Waals surface area contributed by atoms with Crippen LogP contribution in [0.25, 0.3) is 11.0 Å². The lowest BCUT2D eigenvalue weighted by atomic mass is 10.3. The number of carboxylic acid groups (broad SMARTS) is 1. The molecule has 0 unspecified atom stereocenters. The fraction of sp³-hybridized carbons (Fsp3) is 0.167. The van der Waals surface area contributed by atoms with Crippen molar-refractivity contribution in [2.75, 3.05) is 11.9 Å². The highest BCUT2D eigenvalue weighted by Crippen LogP contribution is 2.19. The molecule has 0 fully saturated rings. The van der Waals surface area contributed by atoms with E-state index in [0.29, 0.717) is 12.5 Å². The minimum absolute atomic E-state index is 0.111. The second-order valence-corrected chi connectivity index (χ2v) is 3.57. The Hall–Kier alpha value is -2.30. The fourth-order valence-electron chi connectivity index (χ4n) is 1.67. The Labute approximate surface area is 98.4 Å². The van der Waals surface area contributed by atoms with Crippen LogP contribution in [-0.2, 0) is 11.3 Å². The second kappa shape index (κ2) is 4.69. The van der Waals surface area contributed by atoms with Gasteiger partial charge in [0.25, 0.3) is 0 Å². The van der Waals surface area contributed by atoms with Crippen LogP contribution in [0, 0.1) is 0 Å². The molecule has 17 heavy (non-hydrogen) atoms. The SMILES string of the molecule is C=CCNc1nc2ccccc2n1CC(=O)O. The van der Waals surface area contributed by atoms with Gasteiger partial charge in [-0.25, -0.2) is 4.98 Å². The highest BCUT2D eigenvalue weighted by Gasteiger charge is 2.11. The van der Waals surface area contributed by atoms with Crippen molar-refractivity contribution < 1.29 is 9.90 Å².